The SMILES string of the molecule is CCOC(C)(CCC=C(C)CCC=C(C)C)OCC(F)(F)F. The molecule has 0 aromatic heterocycles. The van der Waals surface area contributed by atoms with Crippen LogP contribution in [0.2, 0.25) is 0 Å². The molecule has 0 saturated heterocycles. The summed E-state index contributed by atoms with van der Waals surface area (Å²) in [6.45, 7) is 8.50. The summed E-state index contributed by atoms with van der Waals surface area (Å²) < 4.78 is 47.2. The second kappa shape index (κ2) is 10.1. The van der Waals surface area contributed by atoms with Crippen LogP contribution in [0.1, 0.15) is 60.3 Å². The molecule has 0 aliphatic rings. The van der Waals surface area contributed by atoms with Gasteiger partial charge in [0.1, 0.15) is 6.61 Å². The fraction of sp³-hybridized carbons (Fsp3) is 0.765. The Bertz CT molecular complexity index is 369. The third-order valence-corrected chi connectivity index (χ3v) is 3.17. The van der Waals surface area contributed by atoms with E-state index < -0.39 is 18.6 Å². The second-order valence-electron chi connectivity index (χ2n) is 5.88. The van der Waals surface area contributed by atoms with Crippen LogP contribution in [0.15, 0.2) is 23.3 Å². The van der Waals surface area contributed by atoms with E-state index in [0.29, 0.717) is 19.4 Å². The van der Waals surface area contributed by atoms with Gasteiger partial charge >= 0.3 is 6.18 Å². The number of alkyl halides is 3. The lowest BCUT2D eigenvalue weighted by Crippen LogP contribution is -2.36. The molecule has 0 aromatic carbocycles. The first-order valence-corrected chi connectivity index (χ1v) is 7.71. The van der Waals surface area contributed by atoms with Crippen molar-refractivity contribution in [3.63, 3.8) is 0 Å². The van der Waals surface area contributed by atoms with Gasteiger partial charge in [0.2, 0.25) is 0 Å². The zero-order chi connectivity index (χ0) is 17.2. The molecule has 0 N–H and O–H groups in total. The molecule has 0 amide bonds. The molecule has 0 saturated carbocycles. The van der Waals surface area contributed by atoms with Gasteiger partial charge in [-0.05, 0) is 53.9 Å². The Kier molecular flexibility index (Phi) is 9.69. The van der Waals surface area contributed by atoms with Crippen LogP contribution in [-0.2, 0) is 9.47 Å². The molecule has 0 bridgehead atoms. The fourth-order valence-corrected chi connectivity index (χ4v) is 2.00. The van der Waals surface area contributed by atoms with Crippen LogP contribution < -0.4 is 0 Å². The molecule has 2 nitrogen and oxygen atoms in total. The Morgan fingerprint density at radius 3 is 2.14 bits per heavy atom. The monoisotopic (exact) mass is 322 g/mol. The third kappa shape index (κ3) is 11.8. The molecule has 130 valence electrons. The highest BCUT2D eigenvalue weighted by atomic mass is 19.4. The van der Waals surface area contributed by atoms with Gasteiger partial charge in [0, 0.05) is 13.0 Å². The summed E-state index contributed by atoms with van der Waals surface area (Å²) in [6.07, 6.45) is 2.86. The van der Waals surface area contributed by atoms with Crippen molar-refractivity contribution in [1.82, 2.24) is 0 Å². The van der Waals surface area contributed by atoms with E-state index in [0.717, 1.165) is 12.8 Å². The molecule has 22 heavy (non-hydrogen) atoms. The Hall–Kier alpha value is -0.810. The molecule has 1 unspecified atom stereocenters. The predicted molar refractivity (Wildman–Crippen MR) is 83.7 cm³/mol. The second-order valence-corrected chi connectivity index (χ2v) is 5.88. The highest BCUT2D eigenvalue weighted by molar-refractivity contribution is 5.02. The Morgan fingerprint density at radius 2 is 1.64 bits per heavy atom. The van der Waals surface area contributed by atoms with Crippen LogP contribution in [0, 0.1) is 0 Å². The predicted octanol–water partition coefficient (Wildman–Crippen LogP) is 5.79. The minimum atomic E-state index is -4.34. The van der Waals surface area contributed by atoms with Gasteiger partial charge in [0.15, 0.2) is 5.79 Å². The zero-order valence-corrected chi connectivity index (χ0v) is 14.3. The van der Waals surface area contributed by atoms with Gasteiger partial charge in [0.25, 0.3) is 0 Å². The molecular formula is C17H29F3O2. The topological polar surface area (TPSA) is 18.5 Å². The molecule has 0 rings (SSSR count). The average Bonchev–Trinajstić information content (AvgIpc) is 2.36. The Labute approximate surface area is 132 Å². The van der Waals surface area contributed by atoms with Gasteiger partial charge in [-0.1, -0.05) is 23.3 Å². The van der Waals surface area contributed by atoms with Crippen LogP contribution in [0.4, 0.5) is 13.2 Å². The molecule has 1 atom stereocenters. The first-order chi connectivity index (χ1) is 10.1. The van der Waals surface area contributed by atoms with Crippen molar-refractivity contribution >= 4 is 0 Å². The Morgan fingerprint density at radius 1 is 1.00 bits per heavy atom. The maximum Gasteiger partial charge on any atom is 0.411 e. The van der Waals surface area contributed by atoms with Crippen molar-refractivity contribution in [3.8, 4) is 0 Å². The summed E-state index contributed by atoms with van der Waals surface area (Å²) in [5, 5.41) is 0. The van der Waals surface area contributed by atoms with Crippen LogP contribution in [-0.4, -0.2) is 25.2 Å². The highest BCUT2D eigenvalue weighted by Gasteiger charge is 2.34. The van der Waals surface area contributed by atoms with Crippen molar-refractivity contribution in [1.29, 1.82) is 0 Å². The minimum Gasteiger partial charge on any atom is -0.351 e. The molecule has 0 spiro atoms. The lowest BCUT2D eigenvalue weighted by molar-refractivity contribution is -0.277. The summed E-state index contributed by atoms with van der Waals surface area (Å²) >= 11 is 0. The molecule has 0 aliphatic heterocycles. The number of rotatable bonds is 10. The van der Waals surface area contributed by atoms with Crippen molar-refractivity contribution in [2.24, 2.45) is 0 Å². The normalized spacial score (nSPS) is 15.5. The molecule has 0 heterocycles. The maximum absolute atomic E-state index is 12.3. The van der Waals surface area contributed by atoms with E-state index in [2.05, 4.69) is 19.9 Å². The molecule has 0 radical (unpaired) electrons. The number of ether oxygens (including phenoxy) is 2. The van der Waals surface area contributed by atoms with E-state index in [1.54, 1.807) is 13.8 Å². The molecule has 5 heteroatoms. The number of hydrogen-bond donors (Lipinski definition) is 0. The number of allylic oxidation sites excluding steroid dienone is 4. The molecular weight excluding hydrogens is 293 g/mol. The first-order valence-electron chi connectivity index (χ1n) is 7.71. The summed E-state index contributed by atoms with van der Waals surface area (Å²) in [6, 6.07) is 0. The van der Waals surface area contributed by atoms with Crippen LogP contribution in [0.3, 0.4) is 0 Å². The van der Waals surface area contributed by atoms with Crippen molar-refractivity contribution in [2.45, 2.75) is 72.3 Å². The first kappa shape index (κ1) is 21.2. The van der Waals surface area contributed by atoms with E-state index in [-0.39, 0.29) is 0 Å². The van der Waals surface area contributed by atoms with Crippen LogP contribution >= 0.6 is 0 Å². The largest absolute Gasteiger partial charge is 0.411 e. The van der Waals surface area contributed by atoms with Crippen molar-refractivity contribution in [3.05, 3.63) is 23.3 Å². The van der Waals surface area contributed by atoms with Crippen molar-refractivity contribution in [2.75, 3.05) is 13.2 Å². The summed E-state index contributed by atoms with van der Waals surface area (Å²) in [5.74, 6) is -1.19. The van der Waals surface area contributed by atoms with Gasteiger partial charge in [-0.25, -0.2) is 0 Å². The van der Waals surface area contributed by atoms with Crippen LogP contribution in [0.25, 0.3) is 0 Å². The minimum absolute atomic E-state index is 0.317. The van der Waals surface area contributed by atoms with Crippen LogP contribution in [0.5, 0.6) is 0 Å². The summed E-state index contributed by atoms with van der Waals surface area (Å²) in [5.41, 5.74) is 2.52. The summed E-state index contributed by atoms with van der Waals surface area (Å²) in [7, 11) is 0. The van der Waals surface area contributed by atoms with Gasteiger partial charge < -0.3 is 9.47 Å². The van der Waals surface area contributed by atoms with Gasteiger partial charge in [-0.2, -0.15) is 13.2 Å². The number of hydrogen-bond acceptors (Lipinski definition) is 2. The van der Waals surface area contributed by atoms with Gasteiger partial charge in [0.05, 0.1) is 0 Å². The van der Waals surface area contributed by atoms with Crippen molar-refractivity contribution < 1.29 is 22.6 Å². The quantitative estimate of drug-likeness (QED) is 0.374. The highest BCUT2D eigenvalue weighted by Crippen LogP contribution is 2.25. The Balaban J connectivity index is 4.36. The number of halogens is 3. The third-order valence-electron chi connectivity index (χ3n) is 3.17. The lowest BCUT2D eigenvalue weighted by atomic mass is 10.1. The van der Waals surface area contributed by atoms with E-state index in [4.69, 9.17) is 9.47 Å². The molecule has 0 aliphatic carbocycles. The molecule has 0 fully saturated rings. The molecule has 0 aromatic rings. The van der Waals surface area contributed by atoms with Gasteiger partial charge in [-0.3, -0.25) is 0 Å². The van der Waals surface area contributed by atoms with E-state index in [1.165, 1.54) is 11.1 Å². The zero-order valence-electron chi connectivity index (χ0n) is 14.3. The van der Waals surface area contributed by atoms with Gasteiger partial charge in [-0.15, -0.1) is 0 Å². The lowest BCUT2D eigenvalue weighted by Gasteiger charge is -2.29. The average molecular weight is 322 g/mol. The fourth-order valence-electron chi connectivity index (χ4n) is 2.00. The standard InChI is InChI=1S/C17H29F3O2/c1-6-21-16(5,22-13-17(18,19)20)12-8-11-15(4)10-7-9-14(2)3/h9,11H,6-8,10,12-13H2,1-5H3. The maximum atomic E-state index is 12.3. The summed E-state index contributed by atoms with van der Waals surface area (Å²) in [4.78, 5) is 0. The van der Waals surface area contributed by atoms with E-state index >= 15 is 0 Å². The smallest absolute Gasteiger partial charge is 0.351 e. The van der Waals surface area contributed by atoms with E-state index in [9.17, 15) is 13.2 Å². The van der Waals surface area contributed by atoms with E-state index in [1.807, 2.05) is 13.0 Å².